The standard InChI is InChI=1S/C48H63N4O2/c53-43-39-40(50(46-16-30-4-31(17-46)6-32(5-30)18-46)25-49(39)45-13-27-1-28(14-45)3-29(2-27)15-45)44(54)42-41(43)51(47-19-33-7-34(20-47)9-35(8-33)21-47)26-52(42)48-22-36-10-37(23-48)12-38(11-36)24-48/h25,27-38H,1-24,26H2/q+1. The van der Waals surface area contributed by atoms with Crippen LogP contribution in [0.25, 0.3) is 0 Å². The summed E-state index contributed by atoms with van der Waals surface area (Å²) in [5.41, 5.74) is 3.73. The molecule has 1 aliphatic heterocycles. The van der Waals surface area contributed by atoms with Gasteiger partial charge in [-0.25, -0.2) is 9.13 Å². The normalized spacial score (nSPS) is 54.9. The van der Waals surface area contributed by atoms with Crippen molar-refractivity contribution >= 4 is 11.6 Å². The van der Waals surface area contributed by atoms with Gasteiger partial charge in [-0.2, -0.15) is 0 Å². The van der Waals surface area contributed by atoms with Crippen molar-refractivity contribution in [3.05, 3.63) is 29.1 Å². The van der Waals surface area contributed by atoms with Crippen LogP contribution in [0.2, 0.25) is 0 Å². The van der Waals surface area contributed by atoms with Gasteiger partial charge in [0.25, 0.3) is 11.6 Å². The lowest BCUT2D eigenvalue weighted by Gasteiger charge is -2.62. The molecule has 16 saturated carbocycles. The molecule has 18 aliphatic rings. The first kappa shape index (κ1) is 31.0. The second-order valence-electron chi connectivity index (χ2n) is 24.5. The third kappa shape index (κ3) is 3.77. The second kappa shape index (κ2) is 9.77. The molecule has 17 aliphatic carbocycles. The summed E-state index contributed by atoms with van der Waals surface area (Å²) in [6, 6.07) is 0. The summed E-state index contributed by atoms with van der Waals surface area (Å²) in [5, 5.41) is 0. The number of carbonyl (C=O) groups is 2. The third-order valence-corrected chi connectivity index (χ3v) is 21.0. The number of Topliss-reactive ketones (excluding diaryl/α,β-unsaturated/α-hetero) is 2. The minimum Gasteiger partial charge on any atom is -0.343 e. The molecule has 0 saturated heterocycles. The molecule has 1 aromatic heterocycles. The van der Waals surface area contributed by atoms with Gasteiger partial charge < -0.3 is 9.80 Å². The van der Waals surface area contributed by atoms with Gasteiger partial charge >= 0.3 is 0 Å². The van der Waals surface area contributed by atoms with E-state index < -0.39 is 0 Å². The summed E-state index contributed by atoms with van der Waals surface area (Å²) in [4.78, 5) is 38.2. The molecule has 0 radical (unpaired) electrons. The lowest BCUT2D eigenvalue weighted by Crippen LogP contribution is -2.66. The monoisotopic (exact) mass is 727 g/mol. The minimum absolute atomic E-state index is 0.0180. The molecule has 54 heavy (non-hydrogen) atoms. The number of aromatic nitrogens is 2. The Balaban J connectivity index is 0.948. The van der Waals surface area contributed by atoms with E-state index in [1.165, 1.54) is 154 Å². The van der Waals surface area contributed by atoms with E-state index in [9.17, 15) is 0 Å². The van der Waals surface area contributed by atoms with Crippen molar-refractivity contribution in [1.82, 2.24) is 14.4 Å². The van der Waals surface area contributed by atoms with Gasteiger partial charge in [0.05, 0.1) is 6.67 Å². The topological polar surface area (TPSA) is 49.4 Å². The number of imidazole rings is 1. The molecule has 6 nitrogen and oxygen atoms in total. The van der Waals surface area contributed by atoms with Crippen molar-refractivity contribution in [2.45, 2.75) is 176 Å². The van der Waals surface area contributed by atoms with E-state index in [0.29, 0.717) is 0 Å². The average molecular weight is 728 g/mol. The zero-order valence-electron chi connectivity index (χ0n) is 32.8. The number of ketones is 2. The first-order chi connectivity index (χ1) is 26.2. The smallest absolute Gasteiger partial charge is 0.255 e. The first-order valence-corrected chi connectivity index (χ1v) is 23.8. The highest BCUT2D eigenvalue weighted by Crippen LogP contribution is 2.65. The Labute approximate surface area is 322 Å². The van der Waals surface area contributed by atoms with E-state index in [0.717, 1.165) is 100 Å². The lowest BCUT2D eigenvalue weighted by atomic mass is 9.52. The number of carbonyl (C=O) groups excluding carboxylic acids is 2. The summed E-state index contributed by atoms with van der Waals surface area (Å²) < 4.78 is 5.25. The Hall–Kier alpha value is -2.11. The molecule has 286 valence electrons. The summed E-state index contributed by atoms with van der Waals surface area (Å²) in [5.74, 6) is 10.2. The van der Waals surface area contributed by atoms with Crippen LogP contribution >= 0.6 is 0 Å². The molecule has 0 spiro atoms. The van der Waals surface area contributed by atoms with E-state index in [4.69, 9.17) is 0 Å². The molecule has 0 N–H and O–H groups in total. The molecular weight excluding hydrogens is 665 g/mol. The average Bonchev–Trinajstić information content (AvgIpc) is 3.72. The van der Waals surface area contributed by atoms with Gasteiger partial charge in [0.15, 0.2) is 0 Å². The Morgan fingerprint density at radius 3 is 1.11 bits per heavy atom. The molecule has 16 bridgehead atoms. The zero-order valence-corrected chi connectivity index (χ0v) is 32.8. The SMILES string of the molecule is O=C1C2=C(C(=O)c3c1n(C14CC5CC(CC(C5)C1)C4)c[n+]3C13CC4CC(CC(C4)C1)C3)N(C13CC4CC(CC(C4)C1)C3)CN2C12CC3CC(CC(C3)C1)C2. The van der Waals surface area contributed by atoms with E-state index in [1.807, 2.05) is 0 Å². The quantitative estimate of drug-likeness (QED) is 0.291. The minimum atomic E-state index is 0.0180. The van der Waals surface area contributed by atoms with Gasteiger partial charge in [0.2, 0.25) is 17.7 Å². The Morgan fingerprint density at radius 1 is 0.426 bits per heavy atom. The molecule has 6 heteroatoms. The van der Waals surface area contributed by atoms with E-state index in [2.05, 4.69) is 25.3 Å². The molecule has 0 atom stereocenters. The van der Waals surface area contributed by atoms with Crippen molar-refractivity contribution < 1.29 is 14.2 Å². The predicted molar refractivity (Wildman–Crippen MR) is 203 cm³/mol. The van der Waals surface area contributed by atoms with Gasteiger partial charge in [-0.3, -0.25) is 9.59 Å². The molecule has 19 rings (SSSR count). The number of fused-ring (bicyclic) bond motifs is 1. The van der Waals surface area contributed by atoms with Crippen molar-refractivity contribution in [1.29, 1.82) is 0 Å². The number of allylic oxidation sites excluding steroid dienone is 2. The Morgan fingerprint density at radius 2 is 0.741 bits per heavy atom. The van der Waals surface area contributed by atoms with Gasteiger partial charge in [0.1, 0.15) is 22.5 Å². The van der Waals surface area contributed by atoms with Crippen molar-refractivity contribution in [3.63, 3.8) is 0 Å². The molecule has 0 amide bonds. The maximum Gasteiger partial charge on any atom is 0.255 e. The zero-order chi connectivity index (χ0) is 35.1. The maximum atomic E-state index is 16.4. The van der Waals surface area contributed by atoms with Crippen LogP contribution < -0.4 is 4.57 Å². The van der Waals surface area contributed by atoms with Crippen LogP contribution in [-0.4, -0.2) is 43.7 Å². The number of hydrogen-bond donors (Lipinski definition) is 0. The lowest BCUT2D eigenvalue weighted by molar-refractivity contribution is -0.777. The highest BCUT2D eigenvalue weighted by molar-refractivity contribution is 6.25. The van der Waals surface area contributed by atoms with Gasteiger partial charge in [-0.1, -0.05) is 0 Å². The molecule has 1 aromatic rings. The molecule has 2 heterocycles. The molecule has 0 aromatic carbocycles. The van der Waals surface area contributed by atoms with Crippen molar-refractivity contribution in [3.8, 4) is 0 Å². The Bertz CT molecular complexity index is 1690. The van der Waals surface area contributed by atoms with E-state index in [1.54, 1.807) is 0 Å². The molecule has 16 fully saturated rings. The Kier molecular flexibility index (Phi) is 5.60. The highest BCUT2D eigenvalue weighted by atomic mass is 16.1. The predicted octanol–water partition coefficient (Wildman–Crippen LogP) is 8.73. The van der Waals surface area contributed by atoms with Crippen molar-refractivity contribution in [2.24, 2.45) is 71.0 Å². The van der Waals surface area contributed by atoms with E-state index >= 15 is 9.59 Å². The van der Waals surface area contributed by atoms with Crippen LogP contribution in [0.15, 0.2) is 17.7 Å². The summed E-state index contributed by atoms with van der Waals surface area (Å²) >= 11 is 0. The van der Waals surface area contributed by atoms with Crippen LogP contribution in [-0.2, 0) is 11.1 Å². The summed E-state index contributed by atoms with van der Waals surface area (Å²) in [6.45, 7) is 0.819. The first-order valence-electron chi connectivity index (χ1n) is 23.8. The number of rotatable bonds is 4. The van der Waals surface area contributed by atoms with Crippen LogP contribution in [0, 0.1) is 71.0 Å². The fourth-order valence-electron chi connectivity index (χ4n) is 21.1. The largest absolute Gasteiger partial charge is 0.343 e. The van der Waals surface area contributed by atoms with Gasteiger partial charge in [-0.05, 0) is 225 Å². The maximum absolute atomic E-state index is 16.4. The van der Waals surface area contributed by atoms with Crippen molar-refractivity contribution in [2.75, 3.05) is 6.67 Å². The van der Waals surface area contributed by atoms with Gasteiger partial charge in [0, 0.05) is 11.1 Å². The summed E-state index contributed by atoms with van der Waals surface area (Å²) in [7, 11) is 0. The van der Waals surface area contributed by atoms with Crippen LogP contribution in [0.3, 0.4) is 0 Å². The fraction of sp³-hybridized carbons (Fsp3) is 0.854. The fourth-order valence-corrected chi connectivity index (χ4v) is 21.1. The van der Waals surface area contributed by atoms with Crippen LogP contribution in [0.1, 0.15) is 175 Å². The number of hydrogen-bond acceptors (Lipinski definition) is 4. The molecule has 0 unspecified atom stereocenters. The second-order valence-corrected chi connectivity index (χ2v) is 24.5. The van der Waals surface area contributed by atoms with Crippen LogP contribution in [0.5, 0.6) is 0 Å². The number of nitrogens with zero attached hydrogens (tertiary/aromatic N) is 4. The van der Waals surface area contributed by atoms with Gasteiger partial charge in [-0.15, -0.1) is 0 Å². The van der Waals surface area contributed by atoms with Crippen LogP contribution in [0.4, 0.5) is 0 Å². The van der Waals surface area contributed by atoms with E-state index in [-0.39, 0.29) is 33.7 Å². The third-order valence-electron chi connectivity index (χ3n) is 21.0. The summed E-state index contributed by atoms with van der Waals surface area (Å²) in [6.07, 6.45) is 34.3. The highest BCUT2D eigenvalue weighted by Gasteiger charge is 2.67. The molecular formula is C48H63N4O2+.